The molecule has 0 spiro atoms. The van der Waals surface area contributed by atoms with E-state index in [-0.39, 0.29) is 17.1 Å². The second-order valence-electron chi connectivity index (χ2n) is 3.71. The number of nitrogens with zero attached hydrogens (tertiary/aromatic N) is 1. The van der Waals surface area contributed by atoms with Crippen LogP contribution in [-0.2, 0) is 0 Å². The van der Waals surface area contributed by atoms with E-state index in [0.29, 0.717) is 16.0 Å². The van der Waals surface area contributed by atoms with Crippen LogP contribution in [0.15, 0.2) is 34.9 Å². The maximum absolute atomic E-state index is 12.9. The van der Waals surface area contributed by atoms with Gasteiger partial charge in [0.2, 0.25) is 0 Å². The van der Waals surface area contributed by atoms with E-state index in [2.05, 4.69) is 26.2 Å². The Bertz CT molecular complexity index is 649. The van der Waals surface area contributed by atoms with Crippen molar-refractivity contribution in [2.45, 2.75) is 0 Å². The molecule has 2 rings (SSSR count). The van der Waals surface area contributed by atoms with Crippen LogP contribution >= 0.6 is 15.9 Å². The van der Waals surface area contributed by atoms with E-state index in [9.17, 15) is 9.18 Å². The molecule has 1 aromatic carbocycles. The van der Waals surface area contributed by atoms with Gasteiger partial charge in [-0.05, 0) is 40.2 Å². The van der Waals surface area contributed by atoms with Crippen molar-refractivity contribution in [3.05, 3.63) is 46.3 Å². The van der Waals surface area contributed by atoms with Crippen molar-refractivity contribution in [1.29, 1.82) is 0 Å². The van der Waals surface area contributed by atoms with E-state index >= 15 is 0 Å². The minimum absolute atomic E-state index is 0.0456. The minimum Gasteiger partial charge on any atom is -0.478 e. The highest BCUT2D eigenvalue weighted by Gasteiger charge is 2.10. The van der Waals surface area contributed by atoms with E-state index in [1.54, 1.807) is 0 Å². The number of carboxylic acids is 1. The Balaban J connectivity index is 2.33. The fourth-order valence-corrected chi connectivity index (χ4v) is 1.90. The summed E-state index contributed by atoms with van der Waals surface area (Å²) in [5, 5.41) is 11.8. The summed E-state index contributed by atoms with van der Waals surface area (Å²) in [6.45, 7) is 0. The lowest BCUT2D eigenvalue weighted by Gasteiger charge is -2.09. The van der Waals surface area contributed by atoms with Crippen LogP contribution in [0.1, 0.15) is 10.4 Å². The smallest absolute Gasteiger partial charge is 0.337 e. The number of halogens is 2. The van der Waals surface area contributed by atoms with Gasteiger partial charge in [0.1, 0.15) is 11.6 Å². The number of aromatic carboxylic acids is 1. The van der Waals surface area contributed by atoms with Gasteiger partial charge in [-0.3, -0.25) is 0 Å². The number of nitrogens with one attached hydrogen (secondary N) is 1. The molecule has 0 saturated carbocycles. The summed E-state index contributed by atoms with van der Waals surface area (Å²) in [6.07, 6.45) is 1.25. The largest absolute Gasteiger partial charge is 0.478 e. The Morgan fingerprint density at radius 3 is 2.79 bits per heavy atom. The standard InChI is InChI=1S/C12H9BrFN3O2/c13-8-3-6(14)1-2-10(8)17-11-4-7(12(18)19)9(15)5-16-11/h1-5H,15H2,(H,16,17)(H,18,19). The van der Waals surface area contributed by atoms with Gasteiger partial charge in [-0.15, -0.1) is 0 Å². The molecule has 0 unspecified atom stereocenters. The summed E-state index contributed by atoms with van der Waals surface area (Å²) in [6, 6.07) is 5.39. The lowest BCUT2D eigenvalue weighted by Crippen LogP contribution is -2.05. The summed E-state index contributed by atoms with van der Waals surface area (Å²) in [5.74, 6) is -1.21. The van der Waals surface area contributed by atoms with Gasteiger partial charge in [-0.1, -0.05) is 0 Å². The molecule has 1 aromatic heterocycles. The van der Waals surface area contributed by atoms with Gasteiger partial charge in [0.05, 0.1) is 23.1 Å². The van der Waals surface area contributed by atoms with Crippen LogP contribution < -0.4 is 11.1 Å². The third-order valence-electron chi connectivity index (χ3n) is 2.36. The summed E-state index contributed by atoms with van der Waals surface area (Å²) >= 11 is 3.20. The topological polar surface area (TPSA) is 88.2 Å². The fraction of sp³-hybridized carbons (Fsp3) is 0. The number of carbonyl (C=O) groups is 1. The van der Waals surface area contributed by atoms with Gasteiger partial charge in [0.25, 0.3) is 0 Å². The van der Waals surface area contributed by atoms with E-state index in [1.165, 1.54) is 30.5 Å². The van der Waals surface area contributed by atoms with Gasteiger partial charge < -0.3 is 16.2 Å². The number of aromatic nitrogens is 1. The average Bonchev–Trinajstić information content (AvgIpc) is 2.34. The first-order valence-electron chi connectivity index (χ1n) is 5.18. The maximum atomic E-state index is 12.9. The molecule has 98 valence electrons. The molecule has 5 nitrogen and oxygen atoms in total. The molecule has 7 heteroatoms. The van der Waals surface area contributed by atoms with E-state index in [0.717, 1.165) is 0 Å². The van der Waals surface area contributed by atoms with Crippen LogP contribution in [0.25, 0.3) is 0 Å². The lowest BCUT2D eigenvalue weighted by atomic mass is 10.2. The Labute approximate surface area is 116 Å². The first-order chi connectivity index (χ1) is 8.97. The number of nitrogens with two attached hydrogens (primary N) is 1. The van der Waals surface area contributed by atoms with Crippen molar-refractivity contribution >= 4 is 39.1 Å². The third kappa shape index (κ3) is 3.00. The first-order valence-corrected chi connectivity index (χ1v) is 5.97. The average molecular weight is 326 g/mol. The Hall–Kier alpha value is -2.15. The highest BCUT2D eigenvalue weighted by atomic mass is 79.9. The molecule has 0 radical (unpaired) electrons. The molecule has 0 bridgehead atoms. The Morgan fingerprint density at radius 2 is 2.16 bits per heavy atom. The van der Waals surface area contributed by atoms with Crippen LogP contribution in [0, 0.1) is 5.82 Å². The quantitative estimate of drug-likeness (QED) is 0.807. The van der Waals surface area contributed by atoms with E-state index in [4.69, 9.17) is 10.8 Å². The van der Waals surface area contributed by atoms with Crippen LogP contribution in [0.4, 0.5) is 21.6 Å². The predicted molar refractivity (Wildman–Crippen MR) is 73.0 cm³/mol. The predicted octanol–water partition coefficient (Wildman–Crippen LogP) is 3.01. The number of anilines is 3. The van der Waals surface area contributed by atoms with Crippen molar-refractivity contribution in [2.24, 2.45) is 0 Å². The maximum Gasteiger partial charge on any atom is 0.337 e. The highest BCUT2D eigenvalue weighted by Crippen LogP contribution is 2.26. The monoisotopic (exact) mass is 325 g/mol. The van der Waals surface area contributed by atoms with Crippen LogP contribution in [0.2, 0.25) is 0 Å². The number of carboxylic acid groups (broad SMARTS) is 1. The second kappa shape index (κ2) is 5.23. The Kier molecular flexibility index (Phi) is 3.66. The van der Waals surface area contributed by atoms with Gasteiger partial charge >= 0.3 is 5.97 Å². The molecule has 1 heterocycles. The summed E-state index contributed by atoms with van der Waals surface area (Å²) in [5.41, 5.74) is 6.10. The van der Waals surface area contributed by atoms with E-state index < -0.39 is 5.97 Å². The molecule has 0 saturated heterocycles. The molecular weight excluding hydrogens is 317 g/mol. The SMILES string of the molecule is Nc1cnc(Nc2ccc(F)cc2Br)cc1C(=O)O. The molecule has 0 amide bonds. The molecule has 2 aromatic rings. The zero-order chi connectivity index (χ0) is 14.0. The highest BCUT2D eigenvalue weighted by molar-refractivity contribution is 9.10. The number of nitrogen functional groups attached to an aromatic ring is 1. The first kappa shape index (κ1) is 13.3. The summed E-state index contributed by atoms with van der Waals surface area (Å²) in [7, 11) is 0. The molecule has 0 aliphatic heterocycles. The molecular formula is C12H9BrFN3O2. The van der Waals surface area contributed by atoms with Crippen molar-refractivity contribution in [2.75, 3.05) is 11.1 Å². The second-order valence-corrected chi connectivity index (χ2v) is 4.57. The van der Waals surface area contributed by atoms with E-state index in [1.807, 2.05) is 0 Å². The third-order valence-corrected chi connectivity index (χ3v) is 3.02. The minimum atomic E-state index is -1.14. The van der Waals surface area contributed by atoms with Gasteiger partial charge in [-0.25, -0.2) is 14.2 Å². The number of benzene rings is 1. The molecule has 0 atom stereocenters. The van der Waals surface area contributed by atoms with Crippen molar-refractivity contribution in [1.82, 2.24) is 4.98 Å². The number of pyridine rings is 1. The zero-order valence-corrected chi connectivity index (χ0v) is 11.1. The number of hydrogen-bond donors (Lipinski definition) is 3. The molecule has 0 aliphatic rings. The molecule has 19 heavy (non-hydrogen) atoms. The van der Waals surface area contributed by atoms with Gasteiger partial charge in [0, 0.05) is 4.47 Å². The van der Waals surface area contributed by atoms with Crippen LogP contribution in [0.5, 0.6) is 0 Å². The zero-order valence-electron chi connectivity index (χ0n) is 9.52. The van der Waals surface area contributed by atoms with Crippen molar-refractivity contribution in [3.8, 4) is 0 Å². The van der Waals surface area contributed by atoms with Crippen LogP contribution in [-0.4, -0.2) is 16.1 Å². The Morgan fingerprint density at radius 1 is 1.42 bits per heavy atom. The normalized spacial score (nSPS) is 10.2. The van der Waals surface area contributed by atoms with Crippen LogP contribution in [0.3, 0.4) is 0 Å². The molecule has 0 fully saturated rings. The van der Waals surface area contributed by atoms with Crippen molar-refractivity contribution < 1.29 is 14.3 Å². The van der Waals surface area contributed by atoms with Gasteiger partial charge in [0.15, 0.2) is 0 Å². The lowest BCUT2D eigenvalue weighted by molar-refractivity contribution is 0.0698. The fourth-order valence-electron chi connectivity index (χ4n) is 1.45. The van der Waals surface area contributed by atoms with Gasteiger partial charge in [-0.2, -0.15) is 0 Å². The summed E-state index contributed by atoms with van der Waals surface area (Å²) < 4.78 is 13.4. The summed E-state index contributed by atoms with van der Waals surface area (Å²) in [4.78, 5) is 14.9. The molecule has 0 aliphatic carbocycles. The van der Waals surface area contributed by atoms with Crippen molar-refractivity contribution in [3.63, 3.8) is 0 Å². The number of rotatable bonds is 3. The number of hydrogen-bond acceptors (Lipinski definition) is 4. The molecule has 4 N–H and O–H groups in total.